The first-order valence-corrected chi connectivity index (χ1v) is 8.46. The third-order valence-corrected chi connectivity index (χ3v) is 4.39. The highest BCUT2D eigenvalue weighted by molar-refractivity contribution is 7.18. The zero-order valence-electron chi connectivity index (χ0n) is 13.5. The number of carbonyl (C=O) groups excluding carboxylic acids is 1. The number of nitrogens with two attached hydrogens (primary N) is 1. The molecular formula is C18H16FN3O2S. The van der Waals surface area contributed by atoms with Crippen LogP contribution in [-0.2, 0) is 0 Å². The molecule has 0 fully saturated rings. The van der Waals surface area contributed by atoms with Gasteiger partial charge in [-0.2, -0.15) is 0 Å². The Morgan fingerprint density at radius 1 is 1.24 bits per heavy atom. The van der Waals surface area contributed by atoms with Gasteiger partial charge < -0.3 is 15.8 Å². The standard InChI is InChI=1S/C18H16FN3O2S/c1-2-24-14-10-6-5-9-13(14)21-18-22-17(20)16(25-18)15(23)11-7-3-4-8-12(11)19/h3-10H,2,20H2,1H3,(H,21,22). The van der Waals surface area contributed by atoms with Gasteiger partial charge in [-0.15, -0.1) is 0 Å². The number of carbonyl (C=O) groups is 1. The zero-order chi connectivity index (χ0) is 17.8. The average molecular weight is 357 g/mol. The molecule has 0 saturated carbocycles. The molecule has 0 spiro atoms. The molecule has 0 aliphatic rings. The summed E-state index contributed by atoms with van der Waals surface area (Å²) in [6, 6.07) is 13.2. The lowest BCUT2D eigenvalue weighted by atomic mass is 10.1. The smallest absolute Gasteiger partial charge is 0.209 e. The first-order chi connectivity index (χ1) is 12.1. The maximum absolute atomic E-state index is 13.8. The summed E-state index contributed by atoms with van der Waals surface area (Å²) in [6.45, 7) is 2.42. The highest BCUT2D eigenvalue weighted by Gasteiger charge is 2.21. The molecule has 3 N–H and O–H groups in total. The lowest BCUT2D eigenvalue weighted by Gasteiger charge is -2.09. The predicted octanol–water partition coefficient (Wildman–Crippen LogP) is 4.24. The van der Waals surface area contributed by atoms with Gasteiger partial charge in [-0.05, 0) is 31.2 Å². The Bertz CT molecular complexity index is 911. The lowest BCUT2D eigenvalue weighted by molar-refractivity contribution is 0.103. The summed E-state index contributed by atoms with van der Waals surface area (Å²) >= 11 is 1.07. The Morgan fingerprint density at radius 3 is 2.72 bits per heavy atom. The largest absolute Gasteiger partial charge is 0.492 e. The maximum atomic E-state index is 13.8. The second kappa shape index (κ2) is 7.31. The van der Waals surface area contributed by atoms with Crippen molar-refractivity contribution in [1.82, 2.24) is 4.98 Å². The fourth-order valence-electron chi connectivity index (χ4n) is 2.28. The Balaban J connectivity index is 1.89. The fourth-order valence-corrected chi connectivity index (χ4v) is 3.13. The number of hydrogen-bond acceptors (Lipinski definition) is 6. The van der Waals surface area contributed by atoms with Crippen molar-refractivity contribution in [2.75, 3.05) is 17.7 Å². The fraction of sp³-hybridized carbons (Fsp3) is 0.111. The van der Waals surface area contributed by atoms with Crippen molar-refractivity contribution in [3.8, 4) is 5.75 Å². The molecule has 0 aliphatic carbocycles. The summed E-state index contributed by atoms with van der Waals surface area (Å²) in [5.41, 5.74) is 6.55. The summed E-state index contributed by atoms with van der Waals surface area (Å²) in [7, 11) is 0. The van der Waals surface area contributed by atoms with Crippen LogP contribution in [0.25, 0.3) is 0 Å². The maximum Gasteiger partial charge on any atom is 0.209 e. The summed E-state index contributed by atoms with van der Waals surface area (Å²) in [5, 5.41) is 3.53. The zero-order valence-corrected chi connectivity index (χ0v) is 14.3. The van der Waals surface area contributed by atoms with Crippen LogP contribution in [0.2, 0.25) is 0 Å². The molecule has 1 aromatic heterocycles. The monoisotopic (exact) mass is 357 g/mol. The number of benzene rings is 2. The van der Waals surface area contributed by atoms with Gasteiger partial charge in [0.1, 0.15) is 22.3 Å². The van der Waals surface area contributed by atoms with Crippen LogP contribution in [0.3, 0.4) is 0 Å². The number of aromatic nitrogens is 1. The molecule has 7 heteroatoms. The van der Waals surface area contributed by atoms with Gasteiger partial charge in [0, 0.05) is 0 Å². The molecule has 0 unspecified atom stereocenters. The second-order valence-electron chi connectivity index (χ2n) is 5.10. The molecule has 3 rings (SSSR count). The van der Waals surface area contributed by atoms with E-state index in [9.17, 15) is 9.18 Å². The number of ketones is 1. The number of nitrogens with zero attached hydrogens (tertiary/aromatic N) is 1. The lowest BCUT2D eigenvalue weighted by Crippen LogP contribution is -2.04. The predicted molar refractivity (Wildman–Crippen MR) is 97.3 cm³/mol. The molecule has 3 aromatic rings. The van der Waals surface area contributed by atoms with Crippen molar-refractivity contribution in [2.24, 2.45) is 0 Å². The van der Waals surface area contributed by atoms with Crippen molar-refractivity contribution in [3.63, 3.8) is 0 Å². The summed E-state index contributed by atoms with van der Waals surface area (Å²) in [5.74, 6) is -0.342. The van der Waals surface area contributed by atoms with Crippen LogP contribution in [0.15, 0.2) is 48.5 Å². The van der Waals surface area contributed by atoms with Crippen LogP contribution in [-0.4, -0.2) is 17.4 Å². The van der Waals surface area contributed by atoms with Gasteiger partial charge >= 0.3 is 0 Å². The molecule has 128 valence electrons. The van der Waals surface area contributed by atoms with Gasteiger partial charge in [-0.3, -0.25) is 4.79 Å². The van der Waals surface area contributed by atoms with E-state index in [0.717, 1.165) is 11.3 Å². The van der Waals surface area contributed by atoms with E-state index in [1.165, 1.54) is 18.2 Å². The first kappa shape index (κ1) is 16.9. The van der Waals surface area contributed by atoms with E-state index in [0.29, 0.717) is 23.2 Å². The van der Waals surface area contributed by atoms with Crippen LogP contribution >= 0.6 is 11.3 Å². The Hall–Kier alpha value is -2.93. The van der Waals surface area contributed by atoms with Crippen LogP contribution in [0.5, 0.6) is 5.75 Å². The van der Waals surface area contributed by atoms with Crippen LogP contribution < -0.4 is 15.8 Å². The van der Waals surface area contributed by atoms with Crippen molar-refractivity contribution < 1.29 is 13.9 Å². The van der Waals surface area contributed by atoms with Crippen molar-refractivity contribution >= 4 is 33.8 Å². The molecule has 2 aromatic carbocycles. The topological polar surface area (TPSA) is 77.2 Å². The highest BCUT2D eigenvalue weighted by Crippen LogP contribution is 2.33. The number of nitrogen functional groups attached to an aromatic ring is 1. The molecule has 25 heavy (non-hydrogen) atoms. The Morgan fingerprint density at radius 2 is 1.96 bits per heavy atom. The van der Waals surface area contributed by atoms with Gasteiger partial charge in [0.2, 0.25) is 5.78 Å². The van der Waals surface area contributed by atoms with E-state index in [-0.39, 0.29) is 16.3 Å². The van der Waals surface area contributed by atoms with Gasteiger partial charge in [0.15, 0.2) is 5.13 Å². The summed E-state index contributed by atoms with van der Waals surface area (Å²) in [6.07, 6.45) is 0. The third kappa shape index (κ3) is 3.61. The molecule has 0 amide bonds. The van der Waals surface area contributed by atoms with E-state index >= 15 is 0 Å². The minimum Gasteiger partial charge on any atom is -0.492 e. The minimum absolute atomic E-state index is 0.0286. The van der Waals surface area contributed by atoms with Crippen molar-refractivity contribution in [2.45, 2.75) is 6.92 Å². The molecule has 5 nitrogen and oxygen atoms in total. The van der Waals surface area contributed by atoms with E-state index in [4.69, 9.17) is 10.5 Å². The number of thiazole rings is 1. The summed E-state index contributed by atoms with van der Waals surface area (Å²) < 4.78 is 19.4. The van der Waals surface area contributed by atoms with E-state index in [1.807, 2.05) is 31.2 Å². The van der Waals surface area contributed by atoms with Gasteiger partial charge in [-0.1, -0.05) is 35.6 Å². The number of hydrogen-bond donors (Lipinski definition) is 2. The van der Waals surface area contributed by atoms with Crippen molar-refractivity contribution in [1.29, 1.82) is 0 Å². The van der Waals surface area contributed by atoms with Gasteiger partial charge in [0.25, 0.3) is 0 Å². The molecule has 0 bridgehead atoms. The third-order valence-electron chi connectivity index (χ3n) is 3.41. The number of rotatable bonds is 6. The van der Waals surface area contributed by atoms with Crippen LogP contribution in [0.4, 0.5) is 21.0 Å². The normalized spacial score (nSPS) is 10.5. The van der Waals surface area contributed by atoms with Gasteiger partial charge in [0.05, 0.1) is 17.9 Å². The Kier molecular flexibility index (Phi) is 4.95. The molecule has 0 aliphatic heterocycles. The van der Waals surface area contributed by atoms with Crippen molar-refractivity contribution in [3.05, 3.63) is 64.8 Å². The molecule has 0 saturated heterocycles. The molecule has 0 radical (unpaired) electrons. The quantitative estimate of drug-likeness (QED) is 0.645. The number of halogens is 1. The minimum atomic E-state index is -0.587. The van der Waals surface area contributed by atoms with Crippen LogP contribution in [0, 0.1) is 5.82 Å². The van der Waals surface area contributed by atoms with E-state index < -0.39 is 11.6 Å². The van der Waals surface area contributed by atoms with Crippen LogP contribution in [0.1, 0.15) is 22.2 Å². The summed E-state index contributed by atoms with van der Waals surface area (Å²) in [4.78, 5) is 16.9. The number of para-hydroxylation sites is 2. The van der Waals surface area contributed by atoms with Gasteiger partial charge in [-0.25, -0.2) is 9.37 Å². The second-order valence-corrected chi connectivity index (χ2v) is 6.10. The SMILES string of the molecule is CCOc1ccccc1Nc1nc(N)c(C(=O)c2ccccc2F)s1. The average Bonchev–Trinajstić information content (AvgIpc) is 2.97. The number of nitrogens with one attached hydrogen (secondary N) is 1. The molecule has 1 heterocycles. The molecular weight excluding hydrogens is 341 g/mol. The number of anilines is 3. The number of ether oxygens (including phenoxy) is 1. The Labute approximate surface area is 148 Å². The van der Waals surface area contributed by atoms with E-state index in [1.54, 1.807) is 6.07 Å². The molecule has 0 atom stereocenters. The first-order valence-electron chi connectivity index (χ1n) is 7.64. The highest BCUT2D eigenvalue weighted by atomic mass is 32.1. The van der Waals surface area contributed by atoms with E-state index in [2.05, 4.69) is 10.3 Å².